The van der Waals surface area contributed by atoms with Gasteiger partial charge in [0.2, 0.25) is 10.0 Å². The van der Waals surface area contributed by atoms with E-state index in [0.717, 1.165) is 6.26 Å². The van der Waals surface area contributed by atoms with Gasteiger partial charge in [-0.05, 0) is 38.8 Å². The van der Waals surface area contributed by atoms with E-state index in [4.69, 9.17) is 10.5 Å². The van der Waals surface area contributed by atoms with Crippen LogP contribution in [0, 0.1) is 0 Å². The molecule has 0 atom stereocenters. The van der Waals surface area contributed by atoms with Gasteiger partial charge in [0.15, 0.2) is 0 Å². The molecule has 0 saturated carbocycles. The molecule has 102 valence electrons. The first-order chi connectivity index (χ1) is 8.12. The van der Waals surface area contributed by atoms with Gasteiger partial charge in [-0.2, -0.15) is 0 Å². The van der Waals surface area contributed by atoms with Crippen molar-refractivity contribution in [3.05, 3.63) is 24.0 Å². The van der Waals surface area contributed by atoms with E-state index in [0.29, 0.717) is 18.5 Å². The number of nitrogens with two attached hydrogens (primary N) is 1. The molecule has 0 aliphatic carbocycles. The van der Waals surface area contributed by atoms with Crippen LogP contribution in [0.1, 0.15) is 26.0 Å². The molecule has 2 N–H and O–H groups in total. The van der Waals surface area contributed by atoms with Crippen molar-refractivity contribution in [2.75, 3.05) is 6.26 Å². The molecule has 1 amide bonds. The molecule has 7 heteroatoms. The van der Waals surface area contributed by atoms with E-state index in [1.165, 1.54) is 10.2 Å². The first kappa shape index (κ1) is 14.6. The summed E-state index contributed by atoms with van der Waals surface area (Å²) in [6.07, 6.45) is 2.75. The van der Waals surface area contributed by atoms with Crippen molar-refractivity contribution in [3.8, 4) is 0 Å². The molecule has 0 radical (unpaired) electrons. The summed E-state index contributed by atoms with van der Waals surface area (Å²) in [5.74, 6) is 0. The van der Waals surface area contributed by atoms with Crippen molar-refractivity contribution in [2.24, 2.45) is 5.73 Å². The number of hydrogen-bond acceptors (Lipinski definition) is 4. The summed E-state index contributed by atoms with van der Waals surface area (Å²) < 4.78 is 29.1. The molecule has 18 heavy (non-hydrogen) atoms. The Morgan fingerprint density at radius 1 is 1.50 bits per heavy atom. The zero-order valence-electron chi connectivity index (χ0n) is 10.7. The first-order valence-corrected chi connectivity index (χ1v) is 7.32. The third-order valence-corrected chi connectivity index (χ3v) is 3.58. The summed E-state index contributed by atoms with van der Waals surface area (Å²) in [5, 5.41) is 0. The van der Waals surface area contributed by atoms with Crippen LogP contribution in [-0.4, -0.2) is 30.3 Å². The topological polar surface area (TPSA) is 91.4 Å². The lowest BCUT2D eigenvalue weighted by Gasteiger charge is -2.23. The van der Waals surface area contributed by atoms with Gasteiger partial charge in [0.25, 0.3) is 0 Å². The largest absolute Gasteiger partial charge is 0.444 e. The van der Waals surface area contributed by atoms with Crippen molar-refractivity contribution < 1.29 is 17.9 Å². The van der Waals surface area contributed by atoms with Crippen LogP contribution in [-0.2, 0) is 21.2 Å². The highest BCUT2D eigenvalue weighted by atomic mass is 32.2. The molecule has 1 aromatic rings. The molecule has 1 rings (SSSR count). The molecular weight excluding hydrogens is 256 g/mol. The summed E-state index contributed by atoms with van der Waals surface area (Å²) in [4.78, 5) is 10.7. The van der Waals surface area contributed by atoms with Crippen LogP contribution in [0.5, 0.6) is 0 Å². The van der Waals surface area contributed by atoms with Crippen LogP contribution >= 0.6 is 0 Å². The monoisotopic (exact) mass is 274 g/mol. The van der Waals surface area contributed by atoms with Crippen molar-refractivity contribution in [2.45, 2.75) is 32.3 Å². The van der Waals surface area contributed by atoms with Crippen LogP contribution < -0.4 is 5.73 Å². The van der Waals surface area contributed by atoms with Crippen LogP contribution in [0.15, 0.2) is 18.3 Å². The second-order valence-corrected chi connectivity index (χ2v) is 6.60. The maximum absolute atomic E-state index is 11.5. The van der Waals surface area contributed by atoms with Crippen molar-refractivity contribution in [1.82, 2.24) is 3.97 Å². The smallest absolute Gasteiger partial charge is 0.405 e. The summed E-state index contributed by atoms with van der Waals surface area (Å²) in [7, 11) is -3.30. The zero-order valence-corrected chi connectivity index (χ0v) is 11.5. The van der Waals surface area contributed by atoms with Crippen molar-refractivity contribution >= 4 is 16.1 Å². The van der Waals surface area contributed by atoms with Gasteiger partial charge in [-0.25, -0.2) is 13.2 Å². The van der Waals surface area contributed by atoms with Crippen LogP contribution in [0.25, 0.3) is 0 Å². The van der Waals surface area contributed by atoms with Gasteiger partial charge in [0.05, 0.1) is 6.26 Å². The maximum Gasteiger partial charge on any atom is 0.405 e. The maximum atomic E-state index is 11.5. The molecule has 0 aliphatic heterocycles. The lowest BCUT2D eigenvalue weighted by molar-refractivity contribution is 0.0392. The third-order valence-electron chi connectivity index (χ3n) is 2.51. The fourth-order valence-corrected chi connectivity index (χ4v) is 2.54. The Kier molecular flexibility index (Phi) is 4.05. The fraction of sp³-hybridized carbons (Fsp3) is 0.545. The Morgan fingerprint density at radius 2 is 2.11 bits per heavy atom. The average molecular weight is 274 g/mol. The molecule has 0 spiro atoms. The Balaban J connectivity index is 2.76. The molecular formula is C11H18N2O4S. The molecule has 0 bridgehead atoms. The lowest BCUT2D eigenvalue weighted by Crippen LogP contribution is -2.31. The molecule has 0 aliphatic rings. The number of amides is 1. The number of hydrogen-bond donors (Lipinski definition) is 1. The quantitative estimate of drug-likeness (QED) is 0.870. The van der Waals surface area contributed by atoms with Crippen LogP contribution in [0.3, 0.4) is 0 Å². The van der Waals surface area contributed by atoms with Gasteiger partial charge in [-0.1, -0.05) is 0 Å². The Morgan fingerprint density at radius 3 is 2.61 bits per heavy atom. The van der Waals surface area contributed by atoms with Crippen molar-refractivity contribution in [1.29, 1.82) is 0 Å². The zero-order chi connectivity index (χ0) is 14.0. The number of aromatic nitrogens is 1. The SMILES string of the molecule is CC(C)(CCc1cccn1S(C)(=O)=O)OC(N)=O. The van der Waals surface area contributed by atoms with Gasteiger partial charge < -0.3 is 10.5 Å². The number of primary amides is 1. The molecule has 1 aromatic heterocycles. The number of ether oxygens (including phenoxy) is 1. The Bertz CT molecular complexity index is 531. The second kappa shape index (κ2) is 5.01. The van der Waals surface area contributed by atoms with Crippen LogP contribution in [0.2, 0.25) is 0 Å². The molecule has 0 aromatic carbocycles. The number of aryl methyl sites for hydroxylation is 1. The normalized spacial score (nSPS) is 12.4. The summed E-state index contributed by atoms with van der Waals surface area (Å²) in [6.45, 7) is 3.46. The summed E-state index contributed by atoms with van der Waals surface area (Å²) in [6, 6.07) is 3.39. The Labute approximate surface area is 107 Å². The van der Waals surface area contributed by atoms with Crippen LogP contribution in [0.4, 0.5) is 4.79 Å². The van der Waals surface area contributed by atoms with Gasteiger partial charge in [0, 0.05) is 11.9 Å². The summed E-state index contributed by atoms with van der Waals surface area (Å²) >= 11 is 0. The van der Waals surface area contributed by atoms with E-state index in [1.807, 2.05) is 0 Å². The van der Waals surface area contributed by atoms with E-state index < -0.39 is 21.7 Å². The summed E-state index contributed by atoms with van der Waals surface area (Å²) in [5.41, 5.74) is 4.89. The second-order valence-electron chi connectivity index (χ2n) is 4.74. The Hall–Kier alpha value is -1.50. The third kappa shape index (κ3) is 4.06. The van der Waals surface area contributed by atoms with E-state index >= 15 is 0 Å². The number of carbonyl (C=O) groups excluding carboxylic acids is 1. The van der Waals surface area contributed by atoms with E-state index in [1.54, 1.807) is 26.0 Å². The van der Waals surface area contributed by atoms with Gasteiger partial charge in [0.1, 0.15) is 5.60 Å². The minimum atomic E-state index is -3.30. The molecule has 0 saturated heterocycles. The highest BCUT2D eigenvalue weighted by Gasteiger charge is 2.22. The predicted molar refractivity (Wildman–Crippen MR) is 67.7 cm³/mol. The molecule has 6 nitrogen and oxygen atoms in total. The van der Waals surface area contributed by atoms with Crippen molar-refractivity contribution in [3.63, 3.8) is 0 Å². The highest BCUT2D eigenvalue weighted by Crippen LogP contribution is 2.18. The first-order valence-electron chi connectivity index (χ1n) is 5.47. The average Bonchev–Trinajstić information content (AvgIpc) is 2.59. The molecule has 0 unspecified atom stereocenters. The van der Waals surface area contributed by atoms with E-state index in [-0.39, 0.29) is 0 Å². The lowest BCUT2D eigenvalue weighted by atomic mass is 10.0. The highest BCUT2D eigenvalue weighted by molar-refractivity contribution is 7.89. The minimum Gasteiger partial charge on any atom is -0.444 e. The van der Waals surface area contributed by atoms with Gasteiger partial charge in [-0.15, -0.1) is 0 Å². The fourth-order valence-electron chi connectivity index (χ4n) is 1.67. The number of carbonyl (C=O) groups is 1. The molecule has 0 fully saturated rings. The van der Waals surface area contributed by atoms with E-state index in [2.05, 4.69) is 0 Å². The number of nitrogens with zero attached hydrogens (tertiary/aromatic N) is 1. The van der Waals surface area contributed by atoms with Gasteiger partial charge in [-0.3, -0.25) is 3.97 Å². The number of rotatable bonds is 5. The predicted octanol–water partition coefficient (Wildman–Crippen LogP) is 1.10. The standard InChI is InChI=1S/C11H18N2O4S/c1-11(2,17-10(12)14)7-6-9-5-4-8-13(9)18(3,15)16/h4-5,8H,6-7H2,1-3H3,(H2,12,14). The van der Waals surface area contributed by atoms with E-state index in [9.17, 15) is 13.2 Å². The molecule has 1 heterocycles. The van der Waals surface area contributed by atoms with Gasteiger partial charge >= 0.3 is 6.09 Å². The minimum absolute atomic E-state index is 0.473.